The number of carbonyl (C=O) groups is 1. The van der Waals surface area contributed by atoms with E-state index in [4.69, 9.17) is 4.42 Å². The van der Waals surface area contributed by atoms with E-state index in [-0.39, 0.29) is 23.4 Å². The Kier molecular flexibility index (Phi) is 7.68. The largest absolute Gasteiger partial charge is 0.437 e. The van der Waals surface area contributed by atoms with Crippen LogP contribution in [0.1, 0.15) is 47.1 Å². The van der Waals surface area contributed by atoms with E-state index in [0.717, 1.165) is 29.7 Å². The van der Waals surface area contributed by atoms with Crippen LogP contribution in [0.2, 0.25) is 0 Å². The Morgan fingerprint density at radius 3 is 2.58 bits per heavy atom. The van der Waals surface area contributed by atoms with Gasteiger partial charge in [-0.15, -0.1) is 0 Å². The van der Waals surface area contributed by atoms with Crippen LogP contribution in [0, 0.1) is 11.7 Å². The summed E-state index contributed by atoms with van der Waals surface area (Å²) in [6.45, 7) is 4.24. The number of piperidine rings is 1. The molecule has 8 nitrogen and oxygen atoms in total. The molecule has 224 valence electrons. The van der Waals surface area contributed by atoms with E-state index >= 15 is 0 Å². The zero-order valence-electron chi connectivity index (χ0n) is 23.4. The number of benzene rings is 2. The first kappa shape index (κ1) is 28.5. The molecule has 1 saturated heterocycles. The van der Waals surface area contributed by atoms with E-state index < -0.39 is 23.5 Å². The molecule has 2 aromatic heterocycles. The predicted molar refractivity (Wildman–Crippen MR) is 155 cm³/mol. The van der Waals surface area contributed by atoms with E-state index in [9.17, 15) is 22.4 Å². The summed E-state index contributed by atoms with van der Waals surface area (Å²) in [7, 11) is 0. The van der Waals surface area contributed by atoms with Gasteiger partial charge in [0, 0.05) is 31.9 Å². The molecule has 4 heterocycles. The van der Waals surface area contributed by atoms with Crippen molar-refractivity contribution in [3.05, 3.63) is 89.2 Å². The highest BCUT2D eigenvalue weighted by molar-refractivity contribution is 6.03. The Labute approximate surface area is 245 Å². The molecule has 1 unspecified atom stereocenters. The third-order valence-electron chi connectivity index (χ3n) is 7.76. The fourth-order valence-corrected chi connectivity index (χ4v) is 5.62. The number of nitrogens with one attached hydrogen (secondary N) is 2. The van der Waals surface area contributed by atoms with E-state index in [2.05, 4.69) is 25.5 Å². The molecule has 0 spiro atoms. The SMILES string of the molecule is CC1CCCN(c2nc(C(F)(F)F)c(C(=O)Nc3ccc(N4CCc5c(cccc5Nc5ccccc5F)C4)nc3)o2)C1. The highest BCUT2D eigenvalue weighted by Crippen LogP contribution is 2.36. The average molecular weight is 595 g/mol. The van der Waals surface area contributed by atoms with Gasteiger partial charge in [-0.3, -0.25) is 4.79 Å². The Hall–Kier alpha value is -4.61. The Morgan fingerprint density at radius 2 is 1.84 bits per heavy atom. The zero-order chi connectivity index (χ0) is 30.1. The number of carbonyl (C=O) groups excluding carboxylic acids is 1. The predicted octanol–water partition coefficient (Wildman–Crippen LogP) is 7.02. The van der Waals surface area contributed by atoms with Crippen LogP contribution in [-0.2, 0) is 19.1 Å². The molecule has 0 aliphatic carbocycles. The van der Waals surface area contributed by atoms with Crippen molar-refractivity contribution in [2.24, 2.45) is 5.92 Å². The molecule has 4 aromatic rings. The zero-order valence-corrected chi connectivity index (χ0v) is 23.4. The molecule has 2 aromatic carbocycles. The number of aromatic nitrogens is 2. The maximum absolute atomic E-state index is 14.2. The summed E-state index contributed by atoms with van der Waals surface area (Å²) in [5.74, 6) is -1.33. The molecule has 0 saturated carbocycles. The second-order valence-corrected chi connectivity index (χ2v) is 10.9. The summed E-state index contributed by atoms with van der Waals surface area (Å²) >= 11 is 0. The maximum Gasteiger partial charge on any atom is 0.437 e. The van der Waals surface area contributed by atoms with Crippen LogP contribution in [0.3, 0.4) is 0 Å². The quantitative estimate of drug-likeness (QED) is 0.232. The van der Waals surface area contributed by atoms with Crippen molar-refractivity contribution in [2.45, 2.75) is 38.9 Å². The van der Waals surface area contributed by atoms with Gasteiger partial charge < -0.3 is 24.9 Å². The van der Waals surface area contributed by atoms with Gasteiger partial charge in [-0.05, 0) is 66.6 Å². The number of amides is 1. The van der Waals surface area contributed by atoms with Gasteiger partial charge in [0.15, 0.2) is 5.69 Å². The number of oxazole rings is 1. The number of hydrogen-bond acceptors (Lipinski definition) is 7. The van der Waals surface area contributed by atoms with Gasteiger partial charge in [-0.2, -0.15) is 18.2 Å². The van der Waals surface area contributed by atoms with Crippen molar-refractivity contribution in [2.75, 3.05) is 40.1 Å². The fourth-order valence-electron chi connectivity index (χ4n) is 5.62. The van der Waals surface area contributed by atoms with Gasteiger partial charge in [0.1, 0.15) is 11.6 Å². The van der Waals surface area contributed by atoms with Crippen LogP contribution in [0.15, 0.2) is 65.2 Å². The van der Waals surface area contributed by atoms with E-state index in [0.29, 0.717) is 44.1 Å². The van der Waals surface area contributed by atoms with Crippen molar-refractivity contribution in [3.63, 3.8) is 0 Å². The second kappa shape index (κ2) is 11.6. The lowest BCUT2D eigenvalue weighted by molar-refractivity contribution is -0.141. The summed E-state index contributed by atoms with van der Waals surface area (Å²) in [5, 5.41) is 5.66. The lowest BCUT2D eigenvalue weighted by atomic mass is 9.97. The molecular formula is C31H30F4N6O2. The second-order valence-electron chi connectivity index (χ2n) is 10.9. The number of nitrogens with zero attached hydrogens (tertiary/aromatic N) is 4. The van der Waals surface area contributed by atoms with E-state index in [1.165, 1.54) is 12.3 Å². The number of anilines is 5. The molecule has 2 N–H and O–H groups in total. The fraction of sp³-hybridized carbons (Fsp3) is 0.323. The van der Waals surface area contributed by atoms with Gasteiger partial charge in [0.05, 0.1) is 17.6 Å². The Bertz CT molecular complexity index is 1620. The molecule has 43 heavy (non-hydrogen) atoms. The highest BCUT2D eigenvalue weighted by atomic mass is 19.4. The van der Waals surface area contributed by atoms with Gasteiger partial charge in [0.25, 0.3) is 11.9 Å². The van der Waals surface area contributed by atoms with Crippen molar-refractivity contribution in [3.8, 4) is 0 Å². The summed E-state index contributed by atoms with van der Waals surface area (Å²) in [4.78, 5) is 24.7. The third-order valence-corrected chi connectivity index (χ3v) is 7.76. The van der Waals surface area contributed by atoms with Crippen LogP contribution >= 0.6 is 0 Å². The lowest BCUT2D eigenvalue weighted by Gasteiger charge is -2.31. The molecule has 6 rings (SSSR count). The number of halogens is 4. The number of rotatable bonds is 6. The first-order valence-electron chi connectivity index (χ1n) is 14.1. The Balaban J connectivity index is 1.15. The maximum atomic E-state index is 14.2. The lowest BCUT2D eigenvalue weighted by Crippen LogP contribution is -2.34. The molecule has 0 bridgehead atoms. The number of fused-ring (bicyclic) bond motifs is 1. The van der Waals surface area contributed by atoms with Gasteiger partial charge in [0.2, 0.25) is 5.76 Å². The standard InChI is InChI=1S/C31H30F4N6O2/c1-19-6-5-14-41(17-19)30-39-28(31(33,34)35)27(43-30)29(42)37-21-11-12-26(36-16-21)40-15-13-22-20(18-40)7-4-10-24(22)38-25-9-3-2-8-23(25)32/h2-4,7-12,16,19,38H,5-6,13-15,17-18H2,1H3,(H,37,42). The minimum atomic E-state index is -4.85. The van der Waals surface area contributed by atoms with Gasteiger partial charge in [-0.25, -0.2) is 9.37 Å². The first-order valence-corrected chi connectivity index (χ1v) is 14.1. The highest BCUT2D eigenvalue weighted by Gasteiger charge is 2.42. The molecular weight excluding hydrogens is 564 g/mol. The number of alkyl halides is 3. The van der Waals surface area contributed by atoms with Crippen molar-refractivity contribution < 1.29 is 26.8 Å². The van der Waals surface area contributed by atoms with Crippen LogP contribution in [0.25, 0.3) is 0 Å². The van der Waals surface area contributed by atoms with E-state index in [1.54, 1.807) is 35.2 Å². The number of hydrogen-bond donors (Lipinski definition) is 2. The molecule has 2 aliphatic rings. The van der Waals surface area contributed by atoms with E-state index in [1.807, 2.05) is 25.1 Å². The van der Waals surface area contributed by atoms with Crippen molar-refractivity contribution in [1.29, 1.82) is 0 Å². The van der Waals surface area contributed by atoms with Gasteiger partial charge in [-0.1, -0.05) is 31.2 Å². The van der Waals surface area contributed by atoms with Crippen molar-refractivity contribution >= 4 is 34.8 Å². The summed E-state index contributed by atoms with van der Waals surface area (Å²) in [5.41, 5.74) is 2.28. The van der Waals surface area contributed by atoms with Crippen LogP contribution in [0.5, 0.6) is 0 Å². The monoisotopic (exact) mass is 594 g/mol. The molecule has 1 amide bonds. The van der Waals surface area contributed by atoms with Crippen LogP contribution in [-0.4, -0.2) is 35.5 Å². The molecule has 0 radical (unpaired) electrons. The molecule has 2 aliphatic heterocycles. The topological polar surface area (TPSA) is 86.5 Å². The molecule has 1 atom stereocenters. The van der Waals surface area contributed by atoms with Crippen LogP contribution < -0.4 is 20.4 Å². The van der Waals surface area contributed by atoms with Gasteiger partial charge >= 0.3 is 6.18 Å². The average Bonchev–Trinajstić information content (AvgIpc) is 3.46. The van der Waals surface area contributed by atoms with Crippen LogP contribution in [0.4, 0.5) is 46.5 Å². The third kappa shape index (κ3) is 6.13. The number of para-hydroxylation sites is 1. The minimum absolute atomic E-state index is 0.199. The Morgan fingerprint density at radius 1 is 1.02 bits per heavy atom. The summed E-state index contributed by atoms with van der Waals surface area (Å²) in [6.07, 6.45) is -0.990. The molecule has 12 heteroatoms. The summed E-state index contributed by atoms with van der Waals surface area (Å²) in [6, 6.07) is 15.4. The minimum Gasteiger partial charge on any atom is -0.417 e. The normalized spacial score (nSPS) is 17.0. The number of pyridine rings is 1. The van der Waals surface area contributed by atoms with Crippen molar-refractivity contribution in [1.82, 2.24) is 9.97 Å². The summed E-state index contributed by atoms with van der Waals surface area (Å²) < 4.78 is 60.9. The molecule has 1 fully saturated rings. The first-order chi connectivity index (χ1) is 20.7. The smallest absolute Gasteiger partial charge is 0.417 e.